The number of hydrogen-bond acceptors (Lipinski definition) is 9. The van der Waals surface area contributed by atoms with Gasteiger partial charge in [-0.2, -0.15) is 0 Å². The number of carbonyl (C=O) groups is 4. The van der Waals surface area contributed by atoms with Crippen molar-refractivity contribution in [1.29, 1.82) is 0 Å². The number of imide groups is 1. The molecule has 168 valence electrons. The third kappa shape index (κ3) is 7.18. The zero-order valence-electron chi connectivity index (χ0n) is 15.9. The fraction of sp³-hybridized carbons (Fsp3) is 0.400. The summed E-state index contributed by atoms with van der Waals surface area (Å²) in [6, 6.07) is 0.849. The summed E-state index contributed by atoms with van der Waals surface area (Å²) in [6.07, 6.45) is 2.07. The number of phosphoric acid groups is 1. The van der Waals surface area contributed by atoms with Crippen LogP contribution in [0, 0.1) is 10.1 Å². The van der Waals surface area contributed by atoms with Crippen LogP contribution in [0.4, 0.5) is 5.82 Å². The summed E-state index contributed by atoms with van der Waals surface area (Å²) < 4.78 is 15.7. The van der Waals surface area contributed by atoms with Crippen LogP contribution in [0.2, 0.25) is 0 Å². The van der Waals surface area contributed by atoms with E-state index in [0.717, 1.165) is 23.1 Å². The third-order valence-corrected chi connectivity index (χ3v) is 4.41. The van der Waals surface area contributed by atoms with E-state index in [-0.39, 0.29) is 38.0 Å². The highest BCUT2D eigenvalue weighted by Gasteiger charge is 2.26. The number of amides is 3. The Morgan fingerprint density at radius 3 is 2.45 bits per heavy atom. The lowest BCUT2D eigenvalue weighted by molar-refractivity contribution is -0.389. The lowest BCUT2D eigenvalue weighted by Gasteiger charge is -2.13. The Morgan fingerprint density at radius 1 is 1.23 bits per heavy atom. The quantitative estimate of drug-likeness (QED) is 0.0883. The van der Waals surface area contributed by atoms with Crippen LogP contribution in [0.5, 0.6) is 0 Å². The predicted molar refractivity (Wildman–Crippen MR) is 99.1 cm³/mol. The molecule has 2 heterocycles. The van der Waals surface area contributed by atoms with Crippen LogP contribution in [-0.4, -0.2) is 66.0 Å². The molecule has 0 bridgehead atoms. The Balaban J connectivity index is 1.81. The van der Waals surface area contributed by atoms with Gasteiger partial charge in [0.15, 0.2) is 12.5 Å². The molecule has 0 fully saturated rings. The molecule has 0 saturated carbocycles. The van der Waals surface area contributed by atoms with Crippen molar-refractivity contribution in [3.8, 4) is 0 Å². The highest BCUT2D eigenvalue weighted by atomic mass is 31.2. The highest BCUT2D eigenvalue weighted by Crippen LogP contribution is 2.36. The highest BCUT2D eigenvalue weighted by molar-refractivity contribution is 7.46. The first kappa shape index (κ1) is 24.0. The van der Waals surface area contributed by atoms with Gasteiger partial charge in [-0.1, -0.05) is 0 Å². The first-order valence-corrected chi connectivity index (χ1v) is 10.3. The van der Waals surface area contributed by atoms with Gasteiger partial charge in [0.1, 0.15) is 5.69 Å². The predicted octanol–water partition coefficient (Wildman–Crippen LogP) is -0.748. The smallest absolute Gasteiger partial charge is 0.358 e. The largest absolute Gasteiger partial charge is 0.471 e. The van der Waals surface area contributed by atoms with Crippen LogP contribution >= 0.6 is 7.82 Å². The van der Waals surface area contributed by atoms with Crippen LogP contribution < -0.4 is 5.32 Å². The van der Waals surface area contributed by atoms with E-state index in [9.17, 15) is 33.9 Å². The molecule has 0 aromatic carbocycles. The lowest BCUT2D eigenvalue weighted by Crippen LogP contribution is -2.35. The zero-order chi connectivity index (χ0) is 23.2. The summed E-state index contributed by atoms with van der Waals surface area (Å²) in [5.41, 5.74) is -0.287. The molecule has 0 atom stereocenters. The van der Waals surface area contributed by atoms with Crippen molar-refractivity contribution in [2.24, 2.45) is 0 Å². The third-order valence-electron chi connectivity index (χ3n) is 3.95. The van der Waals surface area contributed by atoms with Gasteiger partial charge in [-0.15, -0.1) is 4.68 Å². The van der Waals surface area contributed by atoms with Crippen molar-refractivity contribution in [3.63, 3.8) is 0 Å². The molecule has 3 N–H and O–H groups in total. The van der Waals surface area contributed by atoms with E-state index in [1.165, 1.54) is 0 Å². The van der Waals surface area contributed by atoms with Gasteiger partial charge < -0.3 is 25.2 Å². The van der Waals surface area contributed by atoms with Crippen LogP contribution in [0.25, 0.3) is 0 Å². The number of nitrogens with one attached hydrogen (secondary N) is 1. The molecule has 0 radical (unpaired) electrons. The number of rotatable bonds is 12. The molecule has 31 heavy (non-hydrogen) atoms. The second kappa shape index (κ2) is 10.2. The molecule has 1 aliphatic rings. The maximum atomic E-state index is 12.3. The molecule has 0 aliphatic carbocycles. The van der Waals surface area contributed by atoms with Crippen LogP contribution in [0.1, 0.15) is 29.8 Å². The molecule has 0 saturated heterocycles. The number of aromatic nitrogens is 2. The molecule has 3 amide bonds. The maximum Gasteiger partial charge on any atom is 0.471 e. The molecule has 2 rings (SSSR count). The first-order chi connectivity index (χ1) is 14.5. The zero-order valence-corrected chi connectivity index (χ0v) is 16.8. The average Bonchev–Trinajstić information content (AvgIpc) is 3.25. The first-order valence-electron chi connectivity index (χ1n) is 8.73. The average molecular weight is 459 g/mol. The van der Waals surface area contributed by atoms with E-state index < -0.39 is 48.8 Å². The minimum absolute atomic E-state index is 0.0694. The number of carbonyl (C=O) groups excluding carboxylic acids is 4. The summed E-state index contributed by atoms with van der Waals surface area (Å²) in [6.45, 7) is -0.892. The molecule has 1 aromatic heterocycles. The Labute approximate surface area is 174 Å². The Kier molecular flexibility index (Phi) is 7.88. The number of phosphoric ester groups is 1. The molecule has 0 unspecified atom stereocenters. The number of nitrogens with zero attached hydrogens (tertiary/aromatic N) is 4. The fourth-order valence-corrected chi connectivity index (χ4v) is 2.76. The number of ketones is 1. The van der Waals surface area contributed by atoms with Crippen molar-refractivity contribution in [1.82, 2.24) is 20.0 Å². The van der Waals surface area contributed by atoms with E-state index in [0.29, 0.717) is 4.68 Å². The SMILES string of the molecule is O=C(CCN1C(=O)C=CC1=O)NCCCC(=O)c1cc([N+](=O)[O-])nn1COP(=O)(O)O. The number of Topliss-reactive ketones (excluding diaryl/α,β-unsaturated/α-hetero) is 1. The van der Waals surface area contributed by atoms with Gasteiger partial charge in [0.2, 0.25) is 5.91 Å². The molecule has 1 aromatic rings. The summed E-state index contributed by atoms with van der Waals surface area (Å²) in [7, 11) is -4.89. The van der Waals surface area contributed by atoms with Gasteiger partial charge in [-0.3, -0.25) is 28.6 Å². The maximum absolute atomic E-state index is 12.3. The topological polar surface area (TPSA) is 211 Å². The van der Waals surface area contributed by atoms with Gasteiger partial charge in [0.25, 0.3) is 11.8 Å². The fourth-order valence-electron chi connectivity index (χ4n) is 2.50. The second-order valence-corrected chi connectivity index (χ2v) is 7.42. The van der Waals surface area contributed by atoms with E-state index in [1.54, 1.807) is 0 Å². The summed E-state index contributed by atoms with van der Waals surface area (Å²) >= 11 is 0. The van der Waals surface area contributed by atoms with Gasteiger partial charge >= 0.3 is 13.6 Å². The molecule has 0 spiro atoms. The Bertz CT molecular complexity index is 963. The summed E-state index contributed by atoms with van der Waals surface area (Å²) in [4.78, 5) is 75.2. The second-order valence-electron chi connectivity index (χ2n) is 6.18. The van der Waals surface area contributed by atoms with Crippen molar-refractivity contribution in [3.05, 3.63) is 34.0 Å². The van der Waals surface area contributed by atoms with Crippen molar-refractivity contribution in [2.75, 3.05) is 13.1 Å². The van der Waals surface area contributed by atoms with Crippen molar-refractivity contribution in [2.45, 2.75) is 26.0 Å². The normalized spacial score (nSPS) is 13.7. The summed E-state index contributed by atoms with van der Waals surface area (Å²) in [5, 5.41) is 16.8. The van der Waals surface area contributed by atoms with Crippen molar-refractivity contribution >= 4 is 37.1 Å². The molecule has 15 nitrogen and oxygen atoms in total. The number of nitro groups is 1. The van der Waals surface area contributed by atoms with E-state index in [2.05, 4.69) is 14.9 Å². The van der Waals surface area contributed by atoms with Gasteiger partial charge in [0.05, 0.1) is 11.2 Å². The number of hydrogen-bond donors (Lipinski definition) is 3. The van der Waals surface area contributed by atoms with Gasteiger partial charge in [0, 0.05) is 38.1 Å². The standard InChI is InChI=1S/C15H18N5O10P/c21-11(10-8-12(20(25)26)17-19(10)9-30-31(27,28)29)2-1-6-16-13(22)5-7-18-14(23)3-4-15(18)24/h3-4,8H,1-2,5-7,9H2,(H,16,22)(H2,27,28,29). The van der Waals surface area contributed by atoms with Crippen LogP contribution in [0.15, 0.2) is 18.2 Å². The van der Waals surface area contributed by atoms with Crippen molar-refractivity contribution < 1.29 is 43.0 Å². The van der Waals surface area contributed by atoms with Crippen LogP contribution in [0.3, 0.4) is 0 Å². The lowest BCUT2D eigenvalue weighted by atomic mass is 10.1. The molecule has 16 heteroatoms. The molecular formula is C15H18N5O10P. The van der Waals surface area contributed by atoms with E-state index in [1.807, 2.05) is 0 Å². The molecule has 1 aliphatic heterocycles. The molecular weight excluding hydrogens is 441 g/mol. The van der Waals surface area contributed by atoms with Gasteiger partial charge in [-0.25, -0.2) is 4.57 Å². The van der Waals surface area contributed by atoms with Gasteiger partial charge in [-0.05, 0) is 11.3 Å². The van der Waals surface area contributed by atoms with E-state index in [4.69, 9.17) is 9.79 Å². The van der Waals surface area contributed by atoms with Crippen LogP contribution in [-0.2, 0) is 30.2 Å². The minimum atomic E-state index is -4.89. The van der Waals surface area contributed by atoms with E-state index >= 15 is 0 Å². The Morgan fingerprint density at radius 2 is 1.87 bits per heavy atom. The summed E-state index contributed by atoms with van der Waals surface area (Å²) in [5.74, 6) is -2.78. The minimum Gasteiger partial charge on any atom is -0.358 e. The monoisotopic (exact) mass is 459 g/mol. The Hall–Kier alpha value is -3.26.